The van der Waals surface area contributed by atoms with Crippen LogP contribution in [-0.4, -0.2) is 37.1 Å². The molecule has 3 amide bonds. The van der Waals surface area contributed by atoms with Crippen LogP contribution in [-0.2, 0) is 31.0 Å². The van der Waals surface area contributed by atoms with Crippen LogP contribution >= 0.6 is 0 Å². The molecule has 2 N–H and O–H groups in total. The Hall–Kier alpha value is -3.11. The fourth-order valence-electron chi connectivity index (χ4n) is 3.43. The van der Waals surface area contributed by atoms with Crippen molar-refractivity contribution in [3.63, 3.8) is 0 Å². The third-order valence-electron chi connectivity index (χ3n) is 4.97. The highest BCUT2D eigenvalue weighted by Gasteiger charge is 2.44. The third-order valence-corrected chi connectivity index (χ3v) is 5.90. The van der Waals surface area contributed by atoms with E-state index in [-0.39, 0.29) is 35.9 Å². The van der Waals surface area contributed by atoms with Gasteiger partial charge in [0.15, 0.2) is 0 Å². The van der Waals surface area contributed by atoms with Crippen LogP contribution in [0.3, 0.4) is 0 Å². The topological polar surface area (TPSA) is 118 Å². The van der Waals surface area contributed by atoms with Gasteiger partial charge in [-0.2, -0.15) is 0 Å². The number of sulfonamides is 1. The van der Waals surface area contributed by atoms with Crippen molar-refractivity contribution in [3.8, 4) is 0 Å². The number of nitrogens with zero attached hydrogens (tertiary/aromatic N) is 2. The zero-order chi connectivity index (χ0) is 22.8. The first-order valence-electron chi connectivity index (χ1n) is 9.65. The SMILES string of the molecule is CCCC(=O)N(Cc1ccc(F)cc1)C1CC(=O)N(c2ccc(S(N)(=O)=O)cc2)C1=O. The largest absolute Gasteiger partial charge is 0.326 e. The van der Waals surface area contributed by atoms with E-state index in [1.165, 1.54) is 53.4 Å². The summed E-state index contributed by atoms with van der Waals surface area (Å²) in [7, 11) is -3.92. The van der Waals surface area contributed by atoms with Gasteiger partial charge in [0.25, 0.3) is 5.91 Å². The van der Waals surface area contributed by atoms with E-state index in [1.807, 2.05) is 6.92 Å². The van der Waals surface area contributed by atoms with Crippen LogP contribution in [0.5, 0.6) is 0 Å². The monoisotopic (exact) mass is 447 g/mol. The molecule has 31 heavy (non-hydrogen) atoms. The second kappa shape index (κ2) is 8.94. The van der Waals surface area contributed by atoms with Gasteiger partial charge in [-0.15, -0.1) is 0 Å². The summed E-state index contributed by atoms with van der Waals surface area (Å²) in [6, 6.07) is 9.60. The van der Waals surface area contributed by atoms with Crippen LogP contribution in [0.15, 0.2) is 53.4 Å². The zero-order valence-corrected chi connectivity index (χ0v) is 17.6. The summed E-state index contributed by atoms with van der Waals surface area (Å²) >= 11 is 0. The maximum absolute atomic E-state index is 13.2. The summed E-state index contributed by atoms with van der Waals surface area (Å²) in [4.78, 5) is 40.6. The van der Waals surface area contributed by atoms with E-state index >= 15 is 0 Å². The van der Waals surface area contributed by atoms with Crippen molar-refractivity contribution in [3.05, 3.63) is 59.9 Å². The smallest absolute Gasteiger partial charge is 0.257 e. The van der Waals surface area contributed by atoms with Crippen molar-refractivity contribution in [2.75, 3.05) is 4.90 Å². The third kappa shape index (κ3) is 4.97. The van der Waals surface area contributed by atoms with Crippen molar-refractivity contribution >= 4 is 33.4 Å². The normalized spacial score (nSPS) is 16.6. The Bertz CT molecular complexity index is 1100. The Morgan fingerprint density at radius 1 is 1.13 bits per heavy atom. The number of amides is 3. The molecule has 0 aliphatic carbocycles. The molecule has 1 aliphatic heterocycles. The Morgan fingerprint density at radius 3 is 2.29 bits per heavy atom. The number of carbonyl (C=O) groups is 3. The summed E-state index contributed by atoms with van der Waals surface area (Å²) in [6.45, 7) is 1.88. The molecule has 10 heteroatoms. The highest BCUT2D eigenvalue weighted by Crippen LogP contribution is 2.28. The van der Waals surface area contributed by atoms with Gasteiger partial charge < -0.3 is 4.90 Å². The number of halogens is 1. The Balaban J connectivity index is 1.88. The molecule has 8 nitrogen and oxygen atoms in total. The lowest BCUT2D eigenvalue weighted by molar-refractivity contribution is -0.139. The van der Waals surface area contributed by atoms with Crippen LogP contribution in [0.4, 0.5) is 10.1 Å². The molecule has 0 spiro atoms. The number of carbonyl (C=O) groups excluding carboxylic acids is 3. The van der Waals surface area contributed by atoms with E-state index in [0.717, 1.165) is 4.90 Å². The van der Waals surface area contributed by atoms with Gasteiger partial charge in [0.1, 0.15) is 11.9 Å². The number of benzene rings is 2. The molecule has 0 aromatic heterocycles. The van der Waals surface area contributed by atoms with Gasteiger partial charge >= 0.3 is 0 Å². The van der Waals surface area contributed by atoms with Crippen LogP contribution in [0.1, 0.15) is 31.7 Å². The summed E-state index contributed by atoms with van der Waals surface area (Å²) in [5, 5.41) is 5.08. The Labute approximate surface area is 179 Å². The molecule has 1 fully saturated rings. The molecule has 1 unspecified atom stereocenters. The summed E-state index contributed by atoms with van der Waals surface area (Å²) in [6.07, 6.45) is 0.557. The minimum Gasteiger partial charge on any atom is -0.326 e. The lowest BCUT2D eigenvalue weighted by Gasteiger charge is -2.28. The molecule has 2 aromatic rings. The van der Waals surface area contributed by atoms with Crippen molar-refractivity contribution in [2.24, 2.45) is 5.14 Å². The molecule has 2 aromatic carbocycles. The fraction of sp³-hybridized carbons (Fsp3) is 0.286. The van der Waals surface area contributed by atoms with Gasteiger partial charge in [0.2, 0.25) is 21.8 Å². The average Bonchev–Trinajstić information content (AvgIpc) is 3.01. The van der Waals surface area contributed by atoms with Crippen LogP contribution in [0.2, 0.25) is 0 Å². The number of hydrogen-bond acceptors (Lipinski definition) is 5. The van der Waals surface area contributed by atoms with E-state index < -0.39 is 33.7 Å². The number of imide groups is 1. The van der Waals surface area contributed by atoms with Crippen molar-refractivity contribution in [1.29, 1.82) is 0 Å². The highest BCUT2D eigenvalue weighted by molar-refractivity contribution is 7.89. The highest BCUT2D eigenvalue weighted by atomic mass is 32.2. The maximum Gasteiger partial charge on any atom is 0.257 e. The molecule has 0 saturated carbocycles. The minimum atomic E-state index is -3.92. The molecule has 1 heterocycles. The van der Waals surface area contributed by atoms with Gasteiger partial charge in [-0.25, -0.2) is 22.8 Å². The lowest BCUT2D eigenvalue weighted by Crippen LogP contribution is -2.45. The molecule has 0 bridgehead atoms. The minimum absolute atomic E-state index is 0.0565. The van der Waals surface area contributed by atoms with Gasteiger partial charge in [0, 0.05) is 13.0 Å². The molecule has 3 rings (SSSR count). The number of nitrogens with two attached hydrogens (primary N) is 1. The van der Waals surface area contributed by atoms with E-state index in [1.54, 1.807) is 0 Å². The fourth-order valence-corrected chi connectivity index (χ4v) is 3.95. The molecule has 0 radical (unpaired) electrons. The second-order valence-electron chi connectivity index (χ2n) is 7.22. The summed E-state index contributed by atoms with van der Waals surface area (Å²) in [5.41, 5.74) is 0.816. The molecule has 1 aliphatic rings. The average molecular weight is 447 g/mol. The van der Waals surface area contributed by atoms with Crippen LogP contribution in [0, 0.1) is 5.82 Å². The quantitative estimate of drug-likeness (QED) is 0.651. The van der Waals surface area contributed by atoms with E-state index in [9.17, 15) is 27.2 Å². The summed E-state index contributed by atoms with van der Waals surface area (Å²) < 4.78 is 36.1. The number of rotatable bonds is 7. The number of primary sulfonamides is 1. The lowest BCUT2D eigenvalue weighted by atomic mass is 10.1. The molecular weight excluding hydrogens is 425 g/mol. The first kappa shape index (κ1) is 22.6. The van der Waals surface area contributed by atoms with Gasteiger partial charge in [-0.1, -0.05) is 19.1 Å². The standard InChI is InChI=1S/C21H22FN3O5S/c1-2-3-19(26)24(13-14-4-6-15(22)7-5-14)18-12-20(27)25(21(18)28)16-8-10-17(11-9-16)31(23,29)30/h4-11,18H,2-3,12-13H2,1H3,(H2,23,29,30). The predicted octanol–water partition coefficient (Wildman–Crippen LogP) is 1.93. The number of hydrogen-bond donors (Lipinski definition) is 1. The Morgan fingerprint density at radius 2 is 1.74 bits per heavy atom. The van der Waals surface area contributed by atoms with Gasteiger partial charge in [-0.3, -0.25) is 14.4 Å². The summed E-state index contributed by atoms with van der Waals surface area (Å²) in [5.74, 6) is -1.80. The van der Waals surface area contributed by atoms with Gasteiger partial charge in [0.05, 0.1) is 17.0 Å². The van der Waals surface area contributed by atoms with Gasteiger partial charge in [-0.05, 0) is 48.4 Å². The van der Waals surface area contributed by atoms with Crippen molar-refractivity contribution in [1.82, 2.24) is 4.90 Å². The van der Waals surface area contributed by atoms with E-state index in [2.05, 4.69) is 0 Å². The molecule has 1 atom stereocenters. The molecular formula is C21H22FN3O5S. The van der Waals surface area contributed by atoms with Crippen molar-refractivity contribution in [2.45, 2.75) is 43.7 Å². The van der Waals surface area contributed by atoms with Crippen LogP contribution in [0.25, 0.3) is 0 Å². The molecule has 164 valence electrons. The number of anilines is 1. The Kier molecular flexibility index (Phi) is 6.51. The van der Waals surface area contributed by atoms with E-state index in [4.69, 9.17) is 5.14 Å². The first-order chi connectivity index (χ1) is 14.6. The van der Waals surface area contributed by atoms with E-state index in [0.29, 0.717) is 12.0 Å². The zero-order valence-electron chi connectivity index (χ0n) is 16.8. The maximum atomic E-state index is 13.2. The second-order valence-corrected chi connectivity index (χ2v) is 8.79. The van der Waals surface area contributed by atoms with Crippen LogP contribution < -0.4 is 10.0 Å². The molecule has 1 saturated heterocycles. The first-order valence-corrected chi connectivity index (χ1v) is 11.2. The van der Waals surface area contributed by atoms with Crippen molar-refractivity contribution < 1.29 is 27.2 Å². The predicted molar refractivity (Wildman–Crippen MR) is 111 cm³/mol.